The Kier molecular flexibility index (Phi) is 5.54. The third-order valence-corrected chi connectivity index (χ3v) is 3.50. The normalized spacial score (nSPS) is 10.6. The molecule has 0 saturated carbocycles. The van der Waals surface area contributed by atoms with Gasteiger partial charge in [0.1, 0.15) is 0 Å². The number of aromatic hydroxyl groups is 1. The van der Waals surface area contributed by atoms with Gasteiger partial charge in [0.05, 0.1) is 13.3 Å². The van der Waals surface area contributed by atoms with Crippen molar-refractivity contribution in [1.82, 2.24) is 5.43 Å². The van der Waals surface area contributed by atoms with Crippen molar-refractivity contribution in [2.75, 3.05) is 12.4 Å². The fraction of sp³-hybridized carbons (Fsp3) is 0.176. The Morgan fingerprint density at radius 1 is 1.22 bits per heavy atom. The van der Waals surface area contributed by atoms with Crippen LogP contribution in [0, 0.1) is 13.8 Å². The van der Waals surface area contributed by atoms with Crippen molar-refractivity contribution >= 4 is 29.2 Å². The van der Waals surface area contributed by atoms with E-state index in [0.29, 0.717) is 10.9 Å². The summed E-state index contributed by atoms with van der Waals surface area (Å²) in [7, 11) is 1.50. The van der Waals surface area contributed by atoms with Gasteiger partial charge < -0.3 is 15.2 Å². The third kappa shape index (κ3) is 4.43. The van der Waals surface area contributed by atoms with Gasteiger partial charge in [0.2, 0.25) is 0 Å². The quantitative estimate of drug-likeness (QED) is 0.456. The molecule has 0 saturated heterocycles. The monoisotopic (exact) mass is 329 g/mol. The average molecular weight is 329 g/mol. The highest BCUT2D eigenvalue weighted by Gasteiger charge is 2.04. The van der Waals surface area contributed by atoms with Gasteiger partial charge in [-0.2, -0.15) is 5.10 Å². The molecule has 0 atom stereocenters. The van der Waals surface area contributed by atoms with E-state index in [4.69, 9.17) is 17.0 Å². The lowest BCUT2D eigenvalue weighted by Crippen LogP contribution is -2.24. The lowest BCUT2D eigenvalue weighted by atomic mass is 10.1. The number of aryl methyl sites for hydroxylation is 2. The molecule has 2 rings (SSSR count). The summed E-state index contributed by atoms with van der Waals surface area (Å²) in [6, 6.07) is 11.0. The number of phenolic OH excluding ortho intramolecular Hbond substituents is 1. The summed E-state index contributed by atoms with van der Waals surface area (Å²) in [5, 5.41) is 17.3. The highest BCUT2D eigenvalue weighted by molar-refractivity contribution is 7.80. The molecule has 2 aromatic carbocycles. The molecule has 23 heavy (non-hydrogen) atoms. The summed E-state index contributed by atoms with van der Waals surface area (Å²) < 4.78 is 4.99. The number of methoxy groups -OCH3 is 1. The first-order valence-corrected chi connectivity index (χ1v) is 7.45. The number of hydrazone groups is 1. The van der Waals surface area contributed by atoms with Gasteiger partial charge in [-0.05, 0) is 61.0 Å². The van der Waals surface area contributed by atoms with E-state index in [1.807, 2.05) is 32.0 Å². The number of para-hydroxylation sites is 1. The molecule has 0 spiro atoms. The number of phenols is 1. The van der Waals surface area contributed by atoms with Crippen LogP contribution in [0.4, 0.5) is 5.69 Å². The van der Waals surface area contributed by atoms with Gasteiger partial charge in [0, 0.05) is 5.69 Å². The first kappa shape index (κ1) is 16.8. The van der Waals surface area contributed by atoms with Crippen LogP contribution < -0.4 is 15.5 Å². The minimum atomic E-state index is 0.0627. The molecule has 0 aromatic heterocycles. The number of thiocarbonyl (C=S) groups is 1. The van der Waals surface area contributed by atoms with Crippen LogP contribution in [-0.2, 0) is 0 Å². The molecular formula is C17H19N3O2S. The van der Waals surface area contributed by atoms with Crippen molar-refractivity contribution in [2.45, 2.75) is 13.8 Å². The third-order valence-electron chi connectivity index (χ3n) is 3.30. The number of ether oxygens (including phenoxy) is 1. The van der Waals surface area contributed by atoms with Gasteiger partial charge in [-0.3, -0.25) is 5.43 Å². The van der Waals surface area contributed by atoms with Gasteiger partial charge in [-0.25, -0.2) is 0 Å². The fourth-order valence-electron chi connectivity index (χ4n) is 2.11. The fourth-order valence-corrected chi connectivity index (χ4v) is 2.26. The van der Waals surface area contributed by atoms with Gasteiger partial charge in [-0.15, -0.1) is 0 Å². The number of hydrogen-bond donors (Lipinski definition) is 3. The van der Waals surface area contributed by atoms with Gasteiger partial charge in [0.25, 0.3) is 0 Å². The van der Waals surface area contributed by atoms with E-state index in [2.05, 4.69) is 15.8 Å². The first-order chi connectivity index (χ1) is 11.0. The Hall–Kier alpha value is -2.60. The summed E-state index contributed by atoms with van der Waals surface area (Å²) in [5.74, 6) is 0.481. The summed E-state index contributed by atoms with van der Waals surface area (Å²) in [6.45, 7) is 4.03. The van der Waals surface area contributed by atoms with E-state index >= 15 is 0 Å². The van der Waals surface area contributed by atoms with Crippen LogP contribution in [0.15, 0.2) is 41.5 Å². The van der Waals surface area contributed by atoms with Crippen LogP contribution in [0.2, 0.25) is 0 Å². The van der Waals surface area contributed by atoms with Crippen LogP contribution in [0.25, 0.3) is 0 Å². The molecule has 120 valence electrons. The van der Waals surface area contributed by atoms with E-state index in [-0.39, 0.29) is 5.75 Å². The summed E-state index contributed by atoms with van der Waals surface area (Å²) in [4.78, 5) is 0. The number of nitrogens with zero attached hydrogens (tertiary/aromatic N) is 1. The molecule has 0 unspecified atom stereocenters. The molecule has 0 aliphatic rings. The van der Waals surface area contributed by atoms with Gasteiger partial charge in [-0.1, -0.05) is 18.2 Å². The molecule has 6 heteroatoms. The molecule has 0 heterocycles. The molecular weight excluding hydrogens is 310 g/mol. The van der Waals surface area contributed by atoms with Crippen molar-refractivity contribution in [1.29, 1.82) is 0 Å². The SMILES string of the molecule is COc1ccc(/C=N/NC(=S)Nc2c(C)cccc2C)cc1O. The standard InChI is InChI=1S/C17H19N3O2S/c1-11-5-4-6-12(2)16(11)19-17(23)20-18-10-13-7-8-15(22-3)14(21)9-13/h4-10,21H,1-3H3,(H2,19,20,23)/b18-10+. The van der Waals surface area contributed by atoms with E-state index in [9.17, 15) is 5.11 Å². The minimum Gasteiger partial charge on any atom is -0.504 e. The zero-order valence-corrected chi connectivity index (χ0v) is 14.1. The van der Waals surface area contributed by atoms with Crippen LogP contribution in [0.5, 0.6) is 11.5 Å². The topological polar surface area (TPSA) is 65.9 Å². The van der Waals surface area contributed by atoms with Crippen LogP contribution >= 0.6 is 12.2 Å². The van der Waals surface area contributed by atoms with Gasteiger partial charge in [0.15, 0.2) is 16.6 Å². The second-order valence-corrected chi connectivity index (χ2v) is 5.43. The molecule has 0 fully saturated rings. The van der Waals surface area contributed by atoms with Crippen LogP contribution in [0.1, 0.15) is 16.7 Å². The lowest BCUT2D eigenvalue weighted by Gasteiger charge is -2.12. The van der Waals surface area contributed by atoms with Crippen molar-refractivity contribution in [3.8, 4) is 11.5 Å². The predicted octanol–water partition coefficient (Wildman–Crippen LogP) is 3.34. The Morgan fingerprint density at radius 3 is 2.52 bits per heavy atom. The smallest absolute Gasteiger partial charge is 0.191 e. The highest BCUT2D eigenvalue weighted by Crippen LogP contribution is 2.25. The van der Waals surface area contributed by atoms with E-state index < -0.39 is 0 Å². The summed E-state index contributed by atoms with van der Waals surface area (Å²) in [5.41, 5.74) is 6.68. The Labute approximate surface area is 141 Å². The van der Waals surface area contributed by atoms with Gasteiger partial charge >= 0.3 is 0 Å². The summed E-state index contributed by atoms with van der Waals surface area (Å²) in [6.07, 6.45) is 1.57. The largest absolute Gasteiger partial charge is 0.504 e. The highest BCUT2D eigenvalue weighted by atomic mass is 32.1. The lowest BCUT2D eigenvalue weighted by molar-refractivity contribution is 0.373. The van der Waals surface area contributed by atoms with Crippen molar-refractivity contribution < 1.29 is 9.84 Å². The van der Waals surface area contributed by atoms with E-state index in [1.54, 1.807) is 24.4 Å². The van der Waals surface area contributed by atoms with Crippen molar-refractivity contribution in [3.63, 3.8) is 0 Å². The maximum atomic E-state index is 9.71. The zero-order valence-electron chi connectivity index (χ0n) is 13.3. The minimum absolute atomic E-state index is 0.0627. The Morgan fingerprint density at radius 2 is 1.91 bits per heavy atom. The molecule has 5 nitrogen and oxygen atoms in total. The van der Waals surface area contributed by atoms with E-state index in [1.165, 1.54) is 7.11 Å². The number of benzene rings is 2. The molecule has 0 amide bonds. The first-order valence-electron chi connectivity index (χ1n) is 7.04. The predicted molar refractivity (Wildman–Crippen MR) is 97.5 cm³/mol. The Bertz CT molecular complexity index is 724. The van der Waals surface area contributed by atoms with Crippen LogP contribution in [-0.4, -0.2) is 23.5 Å². The maximum Gasteiger partial charge on any atom is 0.191 e. The number of nitrogens with one attached hydrogen (secondary N) is 2. The van der Waals surface area contributed by atoms with Crippen molar-refractivity contribution in [3.05, 3.63) is 53.1 Å². The second-order valence-electron chi connectivity index (χ2n) is 5.02. The maximum absolute atomic E-state index is 9.71. The molecule has 0 bridgehead atoms. The molecule has 3 N–H and O–H groups in total. The molecule has 0 radical (unpaired) electrons. The van der Waals surface area contributed by atoms with Crippen LogP contribution in [0.3, 0.4) is 0 Å². The van der Waals surface area contributed by atoms with Crippen molar-refractivity contribution in [2.24, 2.45) is 5.10 Å². The molecule has 0 aliphatic heterocycles. The number of hydrogen-bond acceptors (Lipinski definition) is 4. The number of anilines is 1. The average Bonchev–Trinajstić information content (AvgIpc) is 2.51. The second kappa shape index (κ2) is 7.60. The Balaban J connectivity index is 1.97. The summed E-state index contributed by atoms with van der Waals surface area (Å²) >= 11 is 5.23. The molecule has 0 aliphatic carbocycles. The van der Waals surface area contributed by atoms with E-state index in [0.717, 1.165) is 22.4 Å². The zero-order chi connectivity index (χ0) is 16.8. The number of rotatable bonds is 4. The molecule has 2 aromatic rings.